The number of benzene rings is 3. The molecule has 222 valence electrons. The van der Waals surface area contributed by atoms with Crippen LogP contribution in [0.1, 0.15) is 47.3 Å². The number of carbonyl (C=O) groups excluding carboxylic acids is 3. The van der Waals surface area contributed by atoms with Gasteiger partial charge in [0.2, 0.25) is 5.91 Å². The maximum Gasteiger partial charge on any atom is 0.252 e. The Hall–Kier alpha value is -3.55. The van der Waals surface area contributed by atoms with Crippen molar-refractivity contribution in [3.63, 3.8) is 0 Å². The van der Waals surface area contributed by atoms with Gasteiger partial charge in [-0.1, -0.05) is 98.9 Å². The lowest BCUT2D eigenvalue weighted by atomic mass is 9.63. The quantitative estimate of drug-likeness (QED) is 0.153. The van der Waals surface area contributed by atoms with Gasteiger partial charge >= 0.3 is 0 Å². The molecule has 0 aromatic heterocycles. The first-order valence-electron chi connectivity index (χ1n) is 12.9. The molecule has 4 unspecified atom stereocenters. The molecule has 7 heteroatoms. The van der Waals surface area contributed by atoms with E-state index < -0.39 is 27.0 Å². The molecule has 0 spiro atoms. The number of halogens is 1. The number of hydrogen-bond donors (Lipinski definition) is 0. The summed E-state index contributed by atoms with van der Waals surface area (Å²) in [6.45, 7) is 4.49. The average molecular weight is 635 g/mol. The van der Waals surface area contributed by atoms with Crippen molar-refractivity contribution in [1.29, 1.82) is 0 Å². The zero-order chi connectivity index (χ0) is 27.6. The van der Waals surface area contributed by atoms with Crippen molar-refractivity contribution >= 4 is 50.4 Å². The van der Waals surface area contributed by atoms with Gasteiger partial charge in [-0.05, 0) is 60.4 Å². The van der Waals surface area contributed by atoms with Crippen LogP contribution in [0.5, 0.6) is 5.75 Å². The van der Waals surface area contributed by atoms with Gasteiger partial charge in [-0.3, -0.25) is 14.4 Å². The molecule has 6 nitrogen and oxygen atoms in total. The van der Waals surface area contributed by atoms with Crippen LogP contribution in [0.2, 0.25) is 0 Å². The van der Waals surface area contributed by atoms with Crippen molar-refractivity contribution in [3.8, 4) is 5.75 Å². The second-order valence-electron chi connectivity index (χ2n) is 10.6. The van der Waals surface area contributed by atoms with Gasteiger partial charge < -0.3 is 9.47 Å². The van der Waals surface area contributed by atoms with Gasteiger partial charge in [-0.2, -0.15) is 0 Å². The number of alkyl halides is 1. The van der Waals surface area contributed by atoms with Crippen LogP contribution in [0.25, 0.3) is 11.1 Å². The predicted molar refractivity (Wildman–Crippen MR) is 173 cm³/mol. The number of allylic oxidation sites excluding steroid dienone is 2. The van der Waals surface area contributed by atoms with E-state index in [4.69, 9.17) is 9.47 Å². The number of methoxy groups -OCH3 is 1. The van der Waals surface area contributed by atoms with E-state index in [1.54, 1.807) is 31.4 Å². The highest BCUT2D eigenvalue weighted by atomic mass is 79.9. The Morgan fingerprint density at radius 1 is 0.762 bits per heavy atom. The summed E-state index contributed by atoms with van der Waals surface area (Å²) in [4.78, 5) is 44.3. The number of hydrogen-bond acceptors (Lipinski definition) is 5. The first-order valence-corrected chi connectivity index (χ1v) is 13.7. The van der Waals surface area contributed by atoms with E-state index in [1.165, 1.54) is 4.90 Å². The zero-order valence-corrected chi connectivity index (χ0v) is 23.5. The van der Waals surface area contributed by atoms with Crippen LogP contribution < -0.4 is 9.64 Å². The Morgan fingerprint density at radius 2 is 1.29 bits per heavy atom. The Kier molecular flexibility index (Phi) is 9.11. The SMILES string of the molecule is C.C.C.COCCOc1ccc(N2C(=O)C3C4(C)C(=O)C(C)(C(c5ccccc5)=C4c4ccccc4)C3(Br)C2=O)cc1. The molecule has 1 saturated carbocycles. The van der Waals surface area contributed by atoms with Crippen LogP contribution in [0, 0.1) is 16.7 Å². The van der Waals surface area contributed by atoms with E-state index in [1.807, 2.05) is 74.5 Å². The lowest BCUT2D eigenvalue weighted by molar-refractivity contribution is -0.133. The summed E-state index contributed by atoms with van der Waals surface area (Å²) in [5, 5.41) is 0. The molecule has 4 atom stereocenters. The maximum absolute atomic E-state index is 14.5. The van der Waals surface area contributed by atoms with Crippen LogP contribution in [0.4, 0.5) is 5.69 Å². The molecule has 3 aliphatic rings. The second kappa shape index (κ2) is 11.6. The Morgan fingerprint density at radius 3 is 1.81 bits per heavy atom. The van der Waals surface area contributed by atoms with E-state index in [9.17, 15) is 14.4 Å². The van der Waals surface area contributed by atoms with Gasteiger partial charge in [0, 0.05) is 7.11 Å². The van der Waals surface area contributed by atoms with Gasteiger partial charge in [-0.25, -0.2) is 4.90 Å². The molecule has 3 aromatic carbocycles. The summed E-state index contributed by atoms with van der Waals surface area (Å²) >= 11 is 3.79. The highest BCUT2D eigenvalue weighted by Gasteiger charge is 2.85. The molecule has 2 amide bonds. The third kappa shape index (κ3) is 4.04. The number of carbonyl (C=O) groups is 3. The zero-order valence-electron chi connectivity index (χ0n) is 21.9. The molecule has 1 aliphatic heterocycles. The Bertz CT molecular complexity index is 1520. The first-order chi connectivity index (χ1) is 18.7. The molecule has 6 rings (SSSR count). The monoisotopic (exact) mass is 633 g/mol. The summed E-state index contributed by atoms with van der Waals surface area (Å²) in [5.74, 6) is -1.22. The van der Waals surface area contributed by atoms with Gasteiger partial charge in [-0.15, -0.1) is 0 Å². The van der Waals surface area contributed by atoms with Crippen molar-refractivity contribution in [2.45, 2.75) is 40.5 Å². The summed E-state index contributed by atoms with van der Waals surface area (Å²) in [6, 6.07) is 26.3. The number of fused-ring (bicyclic) bond motifs is 5. The fraction of sp³-hybridized carbons (Fsp3) is 0.343. The number of Topliss-reactive ketones (excluding diaryl/α,β-unsaturated/α-hetero) is 1. The number of amides is 2. The van der Waals surface area contributed by atoms with Gasteiger partial charge in [0.05, 0.1) is 29.0 Å². The number of anilines is 1. The lowest BCUT2D eigenvalue weighted by Gasteiger charge is -2.41. The topological polar surface area (TPSA) is 72.9 Å². The molecule has 2 fully saturated rings. The summed E-state index contributed by atoms with van der Waals surface area (Å²) in [5.41, 5.74) is 1.30. The van der Waals surface area contributed by atoms with Crippen LogP contribution in [-0.2, 0) is 19.1 Å². The van der Waals surface area contributed by atoms with Crippen molar-refractivity contribution < 1.29 is 23.9 Å². The van der Waals surface area contributed by atoms with Crippen molar-refractivity contribution in [2.75, 3.05) is 25.2 Å². The van der Waals surface area contributed by atoms with Crippen LogP contribution >= 0.6 is 15.9 Å². The minimum Gasteiger partial charge on any atom is -0.491 e. The first kappa shape index (κ1) is 33.0. The molecule has 42 heavy (non-hydrogen) atoms. The van der Waals surface area contributed by atoms with E-state index >= 15 is 0 Å². The molecule has 0 N–H and O–H groups in total. The van der Waals surface area contributed by atoms with Crippen LogP contribution in [0.15, 0.2) is 84.9 Å². The second-order valence-corrected chi connectivity index (χ2v) is 11.8. The third-order valence-electron chi connectivity index (χ3n) is 8.66. The molecular formula is C35H40BrNO5. The molecule has 2 bridgehead atoms. The number of ether oxygens (including phenoxy) is 2. The molecular weight excluding hydrogens is 594 g/mol. The standard InChI is InChI=1S/C32H28BrNO5.3CH4/c1-30-24(20-10-6-4-7-11-20)25(21-12-8-5-9-13-21)31(2,28(30)36)32(33)26(30)27(35)34(29(32)37)22-14-16-23(17-15-22)39-19-18-38-3;;;/h4-17,26H,18-19H2,1-3H3;3*1H4. The van der Waals surface area contributed by atoms with Crippen LogP contribution in [0.3, 0.4) is 0 Å². The molecule has 1 saturated heterocycles. The fourth-order valence-corrected chi connectivity index (χ4v) is 8.19. The normalized spacial score (nSPS) is 27.3. The largest absolute Gasteiger partial charge is 0.491 e. The number of rotatable bonds is 7. The predicted octanol–water partition coefficient (Wildman–Crippen LogP) is 7.46. The van der Waals surface area contributed by atoms with Gasteiger partial charge in [0.1, 0.15) is 16.7 Å². The highest BCUT2D eigenvalue weighted by molar-refractivity contribution is 9.10. The third-order valence-corrected chi connectivity index (χ3v) is 10.2. The molecule has 1 heterocycles. The van der Waals surface area contributed by atoms with Crippen molar-refractivity contribution in [2.24, 2.45) is 16.7 Å². The minimum atomic E-state index is -1.43. The summed E-state index contributed by atoms with van der Waals surface area (Å²) in [6.07, 6.45) is 0. The molecule has 2 aliphatic carbocycles. The van der Waals surface area contributed by atoms with E-state index in [0.29, 0.717) is 24.7 Å². The minimum absolute atomic E-state index is 0. The van der Waals surface area contributed by atoms with E-state index in [2.05, 4.69) is 15.9 Å². The van der Waals surface area contributed by atoms with Crippen LogP contribution in [-0.4, -0.2) is 42.2 Å². The Labute approximate surface area is 257 Å². The lowest BCUT2D eigenvalue weighted by Crippen LogP contribution is -2.50. The van der Waals surface area contributed by atoms with Crippen molar-refractivity contribution in [3.05, 3.63) is 96.1 Å². The molecule has 0 radical (unpaired) electrons. The highest BCUT2D eigenvalue weighted by Crippen LogP contribution is 2.77. The summed E-state index contributed by atoms with van der Waals surface area (Å²) < 4.78 is 9.25. The van der Waals surface area contributed by atoms with E-state index in [0.717, 1.165) is 22.3 Å². The molecule has 3 aromatic rings. The number of nitrogens with zero attached hydrogens (tertiary/aromatic N) is 1. The van der Waals surface area contributed by atoms with Gasteiger partial charge in [0.15, 0.2) is 5.78 Å². The number of imide groups is 1. The summed E-state index contributed by atoms with van der Waals surface area (Å²) in [7, 11) is 1.60. The fourth-order valence-electron chi connectivity index (χ4n) is 6.98. The van der Waals surface area contributed by atoms with Crippen molar-refractivity contribution in [1.82, 2.24) is 0 Å². The smallest absolute Gasteiger partial charge is 0.252 e. The number of ketones is 1. The maximum atomic E-state index is 14.5. The average Bonchev–Trinajstić information content (AvgIpc) is 3.34. The van der Waals surface area contributed by atoms with E-state index in [-0.39, 0.29) is 34.0 Å². The Balaban J connectivity index is 0.00000161. The van der Waals surface area contributed by atoms with Gasteiger partial charge in [0.25, 0.3) is 5.91 Å².